The minimum Gasteiger partial charge on any atom is -0.379 e. The van der Waals surface area contributed by atoms with Gasteiger partial charge in [0.2, 0.25) is 10.0 Å². The molecule has 0 unspecified atom stereocenters. The van der Waals surface area contributed by atoms with Gasteiger partial charge in [0.15, 0.2) is 0 Å². The quantitative estimate of drug-likeness (QED) is 0.815. The van der Waals surface area contributed by atoms with Crippen LogP contribution in [0.3, 0.4) is 0 Å². The van der Waals surface area contributed by atoms with Gasteiger partial charge < -0.3 is 4.74 Å². The molecule has 9 heteroatoms. The molecule has 0 radical (unpaired) electrons. The van der Waals surface area contributed by atoms with Gasteiger partial charge in [-0.05, 0) is 49.7 Å². The molecule has 0 aromatic heterocycles. The molecule has 27 heavy (non-hydrogen) atoms. The first-order valence-electron chi connectivity index (χ1n) is 8.48. The van der Waals surface area contributed by atoms with E-state index in [-0.39, 0.29) is 22.9 Å². The molecule has 146 valence electrons. The van der Waals surface area contributed by atoms with Gasteiger partial charge >= 0.3 is 0 Å². The molecule has 1 fully saturated rings. The molecule has 0 amide bonds. The summed E-state index contributed by atoms with van der Waals surface area (Å²) in [5, 5.41) is 0. The van der Waals surface area contributed by atoms with E-state index in [0.717, 1.165) is 11.1 Å². The highest BCUT2D eigenvalue weighted by atomic mass is 32.2. The summed E-state index contributed by atoms with van der Waals surface area (Å²) in [6, 6.07) is 10.7. The minimum absolute atomic E-state index is 0.00315. The summed E-state index contributed by atoms with van der Waals surface area (Å²) >= 11 is 0. The Kier molecular flexibility index (Phi) is 5.57. The maximum atomic E-state index is 12.6. The minimum atomic E-state index is -3.81. The van der Waals surface area contributed by atoms with Gasteiger partial charge in [-0.25, -0.2) is 16.8 Å². The lowest BCUT2D eigenvalue weighted by Gasteiger charge is -2.26. The van der Waals surface area contributed by atoms with Gasteiger partial charge in [-0.15, -0.1) is 0 Å². The zero-order valence-electron chi connectivity index (χ0n) is 15.2. The summed E-state index contributed by atoms with van der Waals surface area (Å²) in [6.07, 6.45) is 0. The Balaban J connectivity index is 1.83. The molecule has 0 spiro atoms. The molecule has 1 N–H and O–H groups in total. The number of sulfonamides is 2. The summed E-state index contributed by atoms with van der Waals surface area (Å²) in [5.41, 5.74) is 2.34. The number of nitrogens with zero attached hydrogens (tertiary/aromatic N) is 1. The van der Waals surface area contributed by atoms with Crippen LogP contribution < -0.4 is 4.72 Å². The van der Waals surface area contributed by atoms with Crippen molar-refractivity contribution in [2.45, 2.75) is 23.6 Å². The van der Waals surface area contributed by atoms with Crippen molar-refractivity contribution in [1.82, 2.24) is 4.31 Å². The molecule has 1 aliphatic heterocycles. The van der Waals surface area contributed by atoms with Gasteiger partial charge in [-0.1, -0.05) is 17.7 Å². The van der Waals surface area contributed by atoms with Crippen molar-refractivity contribution in [3.05, 3.63) is 53.6 Å². The molecule has 0 bridgehead atoms. The largest absolute Gasteiger partial charge is 0.379 e. The van der Waals surface area contributed by atoms with Gasteiger partial charge in [0.25, 0.3) is 10.0 Å². The third kappa shape index (κ3) is 4.32. The summed E-state index contributed by atoms with van der Waals surface area (Å²) < 4.78 is 59.5. The number of morpholine rings is 1. The number of anilines is 1. The molecular weight excluding hydrogens is 388 g/mol. The van der Waals surface area contributed by atoms with Crippen molar-refractivity contribution in [2.75, 3.05) is 31.0 Å². The Morgan fingerprint density at radius 1 is 0.889 bits per heavy atom. The maximum absolute atomic E-state index is 12.6. The highest BCUT2D eigenvalue weighted by Crippen LogP contribution is 2.23. The first-order valence-corrected chi connectivity index (χ1v) is 11.4. The number of rotatable bonds is 5. The zero-order valence-corrected chi connectivity index (χ0v) is 16.8. The first kappa shape index (κ1) is 19.8. The van der Waals surface area contributed by atoms with E-state index in [9.17, 15) is 16.8 Å². The van der Waals surface area contributed by atoms with Crippen LogP contribution in [-0.2, 0) is 24.8 Å². The molecule has 2 aromatic carbocycles. The SMILES string of the molecule is Cc1ccc(NS(=O)(=O)c2ccc(S(=O)(=O)N3CCOCC3)cc2)c(C)c1. The number of aryl methyl sites for hydroxylation is 2. The van der Waals surface area contributed by atoms with Crippen LogP contribution >= 0.6 is 0 Å². The van der Waals surface area contributed by atoms with Gasteiger partial charge in [-0.2, -0.15) is 4.31 Å². The highest BCUT2D eigenvalue weighted by molar-refractivity contribution is 7.92. The summed E-state index contributed by atoms with van der Waals surface area (Å²) in [5.74, 6) is 0. The van der Waals surface area contributed by atoms with Crippen molar-refractivity contribution in [3.8, 4) is 0 Å². The lowest BCUT2D eigenvalue weighted by atomic mass is 10.1. The molecule has 0 atom stereocenters. The van der Waals surface area contributed by atoms with E-state index in [1.54, 1.807) is 6.07 Å². The second kappa shape index (κ2) is 7.59. The van der Waals surface area contributed by atoms with E-state index in [0.29, 0.717) is 18.9 Å². The molecule has 1 heterocycles. The Bertz CT molecular complexity index is 1030. The second-order valence-electron chi connectivity index (χ2n) is 6.41. The second-order valence-corrected chi connectivity index (χ2v) is 10.0. The molecule has 1 saturated heterocycles. The first-order chi connectivity index (χ1) is 12.7. The monoisotopic (exact) mass is 410 g/mol. The number of hydrogen-bond donors (Lipinski definition) is 1. The number of ether oxygens (including phenoxy) is 1. The van der Waals surface area contributed by atoms with Crippen LogP contribution in [0.5, 0.6) is 0 Å². The third-order valence-electron chi connectivity index (χ3n) is 4.37. The summed E-state index contributed by atoms with van der Waals surface area (Å²) in [7, 11) is -7.47. The standard InChI is InChI=1S/C18H22N2O5S2/c1-14-3-8-18(15(2)13-14)19-26(21,22)16-4-6-17(7-5-16)27(23,24)20-9-11-25-12-10-20/h3-8,13,19H,9-12H2,1-2H3. The maximum Gasteiger partial charge on any atom is 0.261 e. The van der Waals surface area contributed by atoms with Crippen molar-refractivity contribution < 1.29 is 21.6 Å². The van der Waals surface area contributed by atoms with Crippen LogP contribution in [-0.4, -0.2) is 47.4 Å². The van der Waals surface area contributed by atoms with Gasteiger partial charge in [0.1, 0.15) is 0 Å². The van der Waals surface area contributed by atoms with E-state index in [4.69, 9.17) is 4.74 Å². The van der Waals surface area contributed by atoms with Crippen LogP contribution in [0.4, 0.5) is 5.69 Å². The fraction of sp³-hybridized carbons (Fsp3) is 0.333. The Hall–Kier alpha value is -1.94. The van der Waals surface area contributed by atoms with Crippen molar-refractivity contribution in [2.24, 2.45) is 0 Å². The zero-order chi connectivity index (χ0) is 19.7. The predicted octanol–water partition coefficient (Wildman–Crippen LogP) is 2.13. The van der Waals surface area contributed by atoms with E-state index in [1.807, 2.05) is 26.0 Å². The van der Waals surface area contributed by atoms with Crippen molar-refractivity contribution >= 4 is 25.7 Å². The Labute approximate surface area is 160 Å². The number of nitrogens with one attached hydrogen (secondary N) is 1. The van der Waals surface area contributed by atoms with Crippen LogP contribution in [0.25, 0.3) is 0 Å². The smallest absolute Gasteiger partial charge is 0.261 e. The van der Waals surface area contributed by atoms with Gasteiger partial charge in [0.05, 0.1) is 28.7 Å². The van der Waals surface area contributed by atoms with E-state index < -0.39 is 20.0 Å². The van der Waals surface area contributed by atoms with Gasteiger partial charge in [0, 0.05) is 13.1 Å². The van der Waals surface area contributed by atoms with Crippen LogP contribution in [0, 0.1) is 13.8 Å². The predicted molar refractivity (Wildman–Crippen MR) is 103 cm³/mol. The fourth-order valence-electron chi connectivity index (χ4n) is 2.86. The summed E-state index contributed by atoms with van der Waals surface area (Å²) in [4.78, 5) is 0.0678. The molecule has 3 rings (SSSR count). The average molecular weight is 411 g/mol. The topological polar surface area (TPSA) is 92.8 Å². The molecule has 1 aliphatic rings. The van der Waals surface area contributed by atoms with E-state index in [2.05, 4.69) is 4.72 Å². The molecule has 2 aromatic rings. The highest BCUT2D eigenvalue weighted by Gasteiger charge is 2.26. The lowest BCUT2D eigenvalue weighted by molar-refractivity contribution is 0.0730. The molecule has 0 saturated carbocycles. The Morgan fingerprint density at radius 3 is 2.07 bits per heavy atom. The Morgan fingerprint density at radius 2 is 1.48 bits per heavy atom. The lowest BCUT2D eigenvalue weighted by Crippen LogP contribution is -2.40. The molecular formula is C18H22N2O5S2. The third-order valence-corrected chi connectivity index (χ3v) is 7.66. The van der Waals surface area contributed by atoms with Crippen molar-refractivity contribution in [1.29, 1.82) is 0 Å². The van der Waals surface area contributed by atoms with Crippen LogP contribution in [0.1, 0.15) is 11.1 Å². The number of hydrogen-bond acceptors (Lipinski definition) is 5. The molecule has 0 aliphatic carbocycles. The normalized spacial score (nSPS) is 16.2. The summed E-state index contributed by atoms with van der Waals surface area (Å²) in [6.45, 7) is 5.03. The number of benzene rings is 2. The van der Waals surface area contributed by atoms with E-state index >= 15 is 0 Å². The van der Waals surface area contributed by atoms with Crippen molar-refractivity contribution in [3.63, 3.8) is 0 Å². The fourth-order valence-corrected chi connectivity index (χ4v) is 5.40. The van der Waals surface area contributed by atoms with Crippen LogP contribution in [0.15, 0.2) is 52.3 Å². The van der Waals surface area contributed by atoms with Crippen LogP contribution in [0.2, 0.25) is 0 Å². The van der Waals surface area contributed by atoms with Gasteiger partial charge in [-0.3, -0.25) is 4.72 Å². The average Bonchev–Trinajstić information content (AvgIpc) is 2.65. The van der Waals surface area contributed by atoms with E-state index in [1.165, 1.54) is 28.6 Å². The molecule has 7 nitrogen and oxygen atoms in total.